The number of anilines is 2. The van der Waals surface area contributed by atoms with Crippen molar-refractivity contribution in [3.05, 3.63) is 42.1 Å². The Bertz CT molecular complexity index is 492. The zero-order valence-corrected chi connectivity index (χ0v) is 8.57. The molecule has 76 valence electrons. The van der Waals surface area contributed by atoms with E-state index in [9.17, 15) is 0 Å². The summed E-state index contributed by atoms with van der Waals surface area (Å²) in [6, 6.07) is 11.3. The van der Waals surface area contributed by atoms with Crippen molar-refractivity contribution in [3.63, 3.8) is 0 Å². The van der Waals surface area contributed by atoms with Gasteiger partial charge in [-0.3, -0.25) is 4.98 Å². The fraction of sp³-hybridized carbons (Fsp3) is 0.0833. The molecule has 15 heavy (non-hydrogen) atoms. The van der Waals surface area contributed by atoms with Crippen molar-refractivity contribution in [2.45, 2.75) is 6.92 Å². The van der Waals surface area contributed by atoms with Gasteiger partial charge in [-0.25, -0.2) is 0 Å². The molecule has 1 aromatic heterocycles. The van der Waals surface area contributed by atoms with Gasteiger partial charge in [0.05, 0.1) is 5.69 Å². The van der Waals surface area contributed by atoms with Crippen molar-refractivity contribution in [2.75, 3.05) is 11.5 Å². The number of nitrogens with zero attached hydrogens (tertiary/aromatic N) is 1. The zero-order valence-electron chi connectivity index (χ0n) is 8.57. The predicted molar refractivity (Wildman–Crippen MR) is 63.2 cm³/mol. The number of aryl methyl sites for hydroxylation is 1. The summed E-state index contributed by atoms with van der Waals surface area (Å²) in [6.45, 7) is 1.95. The van der Waals surface area contributed by atoms with E-state index in [1.807, 2.05) is 31.2 Å². The van der Waals surface area contributed by atoms with Crippen LogP contribution in [0.25, 0.3) is 11.3 Å². The van der Waals surface area contributed by atoms with E-state index in [1.165, 1.54) is 0 Å². The third-order valence-corrected chi connectivity index (χ3v) is 2.24. The van der Waals surface area contributed by atoms with Gasteiger partial charge in [-0.1, -0.05) is 6.07 Å². The lowest BCUT2D eigenvalue weighted by Crippen LogP contribution is -1.95. The molecule has 0 saturated carbocycles. The number of hydrogen-bond donors (Lipinski definition) is 2. The molecule has 0 aliphatic rings. The van der Waals surface area contributed by atoms with Crippen LogP contribution in [0.15, 0.2) is 36.4 Å². The van der Waals surface area contributed by atoms with E-state index in [1.54, 1.807) is 12.1 Å². The second-order valence-corrected chi connectivity index (χ2v) is 3.51. The van der Waals surface area contributed by atoms with E-state index in [0.717, 1.165) is 17.0 Å². The quantitative estimate of drug-likeness (QED) is 0.692. The van der Waals surface area contributed by atoms with Crippen molar-refractivity contribution in [1.82, 2.24) is 4.98 Å². The van der Waals surface area contributed by atoms with Crippen molar-refractivity contribution in [2.24, 2.45) is 0 Å². The lowest BCUT2D eigenvalue weighted by atomic mass is 10.1. The van der Waals surface area contributed by atoms with Crippen LogP contribution in [-0.4, -0.2) is 4.98 Å². The smallest absolute Gasteiger partial charge is 0.0726 e. The van der Waals surface area contributed by atoms with Crippen LogP contribution in [0.1, 0.15) is 5.69 Å². The Hall–Kier alpha value is -2.03. The normalized spacial score (nSPS) is 10.2. The van der Waals surface area contributed by atoms with Crippen LogP contribution in [0.4, 0.5) is 11.4 Å². The van der Waals surface area contributed by atoms with E-state index in [0.29, 0.717) is 11.4 Å². The summed E-state index contributed by atoms with van der Waals surface area (Å²) in [7, 11) is 0. The van der Waals surface area contributed by atoms with Crippen molar-refractivity contribution in [3.8, 4) is 11.3 Å². The molecule has 0 saturated heterocycles. The highest BCUT2D eigenvalue weighted by Gasteiger charge is 2.04. The third-order valence-electron chi connectivity index (χ3n) is 2.24. The van der Waals surface area contributed by atoms with E-state index in [2.05, 4.69) is 4.98 Å². The van der Waals surface area contributed by atoms with Crippen LogP contribution in [0.3, 0.4) is 0 Å². The van der Waals surface area contributed by atoms with Gasteiger partial charge in [0.1, 0.15) is 0 Å². The van der Waals surface area contributed by atoms with Crippen LogP contribution in [0, 0.1) is 6.92 Å². The molecule has 0 unspecified atom stereocenters. The first-order valence-corrected chi connectivity index (χ1v) is 4.76. The molecule has 0 spiro atoms. The number of nitrogens with two attached hydrogens (primary N) is 2. The Balaban J connectivity index is 2.58. The number of aromatic nitrogens is 1. The largest absolute Gasteiger partial charge is 0.399 e. The minimum Gasteiger partial charge on any atom is -0.399 e. The first-order chi connectivity index (χ1) is 7.16. The number of nitrogen functional groups attached to an aromatic ring is 2. The highest BCUT2D eigenvalue weighted by atomic mass is 14.7. The zero-order chi connectivity index (χ0) is 10.8. The first-order valence-electron chi connectivity index (χ1n) is 4.76. The molecule has 0 atom stereocenters. The number of hydrogen-bond acceptors (Lipinski definition) is 3. The molecule has 3 nitrogen and oxygen atoms in total. The molecule has 2 rings (SSSR count). The minimum atomic E-state index is 0.697. The Kier molecular flexibility index (Phi) is 2.29. The maximum atomic E-state index is 5.88. The topological polar surface area (TPSA) is 64.9 Å². The molecule has 3 heteroatoms. The van der Waals surface area contributed by atoms with E-state index in [-0.39, 0.29) is 0 Å². The molecule has 0 bridgehead atoms. The Labute approximate surface area is 88.8 Å². The summed E-state index contributed by atoms with van der Waals surface area (Å²) in [6.07, 6.45) is 0. The molecule has 1 heterocycles. The highest BCUT2D eigenvalue weighted by molar-refractivity contribution is 5.76. The molecule has 1 aromatic carbocycles. The third kappa shape index (κ3) is 1.91. The standard InChI is InChI=1S/C12H13N3/c1-8-3-2-4-12(15-8)10-7-9(13)5-6-11(10)14/h2-7H,13-14H2,1H3. The van der Waals surface area contributed by atoms with Gasteiger partial charge >= 0.3 is 0 Å². The molecule has 0 amide bonds. The van der Waals surface area contributed by atoms with Gasteiger partial charge in [0.2, 0.25) is 0 Å². The Morgan fingerprint density at radius 3 is 2.60 bits per heavy atom. The predicted octanol–water partition coefficient (Wildman–Crippen LogP) is 2.22. The highest BCUT2D eigenvalue weighted by Crippen LogP contribution is 2.26. The molecule has 0 aliphatic carbocycles. The molecule has 0 fully saturated rings. The van der Waals surface area contributed by atoms with Crippen LogP contribution in [0.5, 0.6) is 0 Å². The van der Waals surface area contributed by atoms with Crippen LogP contribution in [-0.2, 0) is 0 Å². The monoisotopic (exact) mass is 199 g/mol. The lowest BCUT2D eigenvalue weighted by molar-refractivity contribution is 1.21. The molecule has 2 aromatic rings. The fourth-order valence-electron chi connectivity index (χ4n) is 1.49. The van der Waals surface area contributed by atoms with Crippen molar-refractivity contribution < 1.29 is 0 Å². The second kappa shape index (κ2) is 3.61. The molecule has 0 aliphatic heterocycles. The van der Waals surface area contributed by atoms with E-state index < -0.39 is 0 Å². The van der Waals surface area contributed by atoms with Gasteiger partial charge < -0.3 is 11.5 Å². The lowest BCUT2D eigenvalue weighted by Gasteiger charge is -2.06. The number of rotatable bonds is 1. The maximum Gasteiger partial charge on any atom is 0.0726 e. The molecular formula is C12H13N3. The van der Waals surface area contributed by atoms with Crippen molar-refractivity contribution >= 4 is 11.4 Å². The van der Waals surface area contributed by atoms with Crippen LogP contribution in [0.2, 0.25) is 0 Å². The molecule has 0 radical (unpaired) electrons. The number of benzene rings is 1. The summed E-state index contributed by atoms with van der Waals surface area (Å²) in [5, 5.41) is 0. The fourth-order valence-corrected chi connectivity index (χ4v) is 1.49. The second-order valence-electron chi connectivity index (χ2n) is 3.51. The Morgan fingerprint density at radius 1 is 1.07 bits per heavy atom. The van der Waals surface area contributed by atoms with Crippen LogP contribution < -0.4 is 11.5 Å². The molecular weight excluding hydrogens is 186 g/mol. The Morgan fingerprint density at radius 2 is 1.87 bits per heavy atom. The van der Waals surface area contributed by atoms with E-state index >= 15 is 0 Å². The summed E-state index contributed by atoms with van der Waals surface area (Å²) < 4.78 is 0. The summed E-state index contributed by atoms with van der Waals surface area (Å²) in [4.78, 5) is 4.41. The summed E-state index contributed by atoms with van der Waals surface area (Å²) in [5.74, 6) is 0. The average molecular weight is 199 g/mol. The first kappa shape index (κ1) is 9.52. The van der Waals surface area contributed by atoms with Crippen LogP contribution >= 0.6 is 0 Å². The molecule has 4 N–H and O–H groups in total. The summed E-state index contributed by atoms with van der Waals surface area (Å²) >= 11 is 0. The van der Waals surface area contributed by atoms with Crippen molar-refractivity contribution in [1.29, 1.82) is 0 Å². The maximum absolute atomic E-state index is 5.88. The van der Waals surface area contributed by atoms with Gasteiger partial charge in [0, 0.05) is 22.6 Å². The van der Waals surface area contributed by atoms with Gasteiger partial charge in [0.25, 0.3) is 0 Å². The average Bonchev–Trinajstić information content (AvgIpc) is 2.22. The van der Waals surface area contributed by atoms with E-state index in [4.69, 9.17) is 11.5 Å². The minimum absolute atomic E-state index is 0.697. The van der Waals surface area contributed by atoms with Gasteiger partial charge in [-0.05, 0) is 37.3 Å². The van der Waals surface area contributed by atoms with Gasteiger partial charge in [-0.2, -0.15) is 0 Å². The van der Waals surface area contributed by atoms with Gasteiger partial charge in [-0.15, -0.1) is 0 Å². The number of pyridine rings is 1. The van der Waals surface area contributed by atoms with Gasteiger partial charge in [0.15, 0.2) is 0 Å². The summed E-state index contributed by atoms with van der Waals surface area (Å²) in [5.41, 5.74) is 15.7. The SMILES string of the molecule is Cc1cccc(-c2cc(N)ccc2N)n1.